The molecule has 6 atom stereocenters. The highest BCUT2D eigenvalue weighted by Gasteiger charge is 2.56. The molecule has 14 heteroatoms. The van der Waals surface area contributed by atoms with E-state index < -0.39 is 62.3 Å². The van der Waals surface area contributed by atoms with Crippen molar-refractivity contribution in [2.45, 2.75) is 63.9 Å². The number of anilines is 1. The lowest BCUT2D eigenvalue weighted by Gasteiger charge is -2.25. The number of aliphatic hydroxyl groups is 1. The molecule has 36 heavy (non-hydrogen) atoms. The predicted octanol–water partition coefficient (Wildman–Crippen LogP) is 1.95. The first-order valence-electron chi connectivity index (χ1n) is 11.2. The molecule has 1 aliphatic heterocycles. The number of para-hydroxylation sites is 1. The van der Waals surface area contributed by atoms with E-state index in [9.17, 15) is 19.3 Å². The van der Waals surface area contributed by atoms with Gasteiger partial charge in [0.15, 0.2) is 11.9 Å². The van der Waals surface area contributed by atoms with Crippen LogP contribution in [-0.2, 0) is 23.4 Å². The number of halogens is 1. The van der Waals surface area contributed by atoms with Gasteiger partial charge in [0, 0.05) is 6.20 Å². The third-order valence-electron chi connectivity index (χ3n) is 5.26. The van der Waals surface area contributed by atoms with Gasteiger partial charge in [-0.05, 0) is 45.9 Å². The third-order valence-corrected chi connectivity index (χ3v) is 6.90. The first-order chi connectivity index (χ1) is 16.8. The fourth-order valence-corrected chi connectivity index (χ4v) is 4.96. The summed E-state index contributed by atoms with van der Waals surface area (Å²) >= 11 is 0. The molecule has 1 aromatic carbocycles. The summed E-state index contributed by atoms with van der Waals surface area (Å²) in [4.78, 5) is 28.0. The number of rotatable bonds is 10. The Hall–Kier alpha value is -2.83. The van der Waals surface area contributed by atoms with Crippen LogP contribution in [0.3, 0.4) is 0 Å². The number of aliphatic hydroxyl groups excluding tert-OH is 1. The first-order valence-corrected chi connectivity index (χ1v) is 12.7. The van der Waals surface area contributed by atoms with Crippen molar-refractivity contribution in [1.29, 1.82) is 0 Å². The Labute approximate surface area is 207 Å². The summed E-state index contributed by atoms with van der Waals surface area (Å²) in [5, 5.41) is 13.1. The van der Waals surface area contributed by atoms with E-state index in [1.807, 2.05) is 0 Å². The number of nitrogens with two attached hydrogens (primary N) is 1. The van der Waals surface area contributed by atoms with Crippen LogP contribution in [0.1, 0.15) is 33.9 Å². The fraction of sp³-hybridized carbons (Fsp3) is 0.500. The number of benzene rings is 1. The highest BCUT2D eigenvalue weighted by molar-refractivity contribution is 7.52. The van der Waals surface area contributed by atoms with Crippen molar-refractivity contribution < 1.29 is 37.4 Å². The molecule has 0 aliphatic carbocycles. The summed E-state index contributed by atoms with van der Waals surface area (Å²) in [7, 11) is -4.29. The minimum absolute atomic E-state index is 0.0644. The van der Waals surface area contributed by atoms with Crippen LogP contribution in [0.5, 0.6) is 5.75 Å². The van der Waals surface area contributed by atoms with Gasteiger partial charge in [0.25, 0.3) is 0 Å². The zero-order valence-electron chi connectivity index (χ0n) is 20.2. The van der Waals surface area contributed by atoms with Crippen molar-refractivity contribution in [3.8, 4) is 5.75 Å². The van der Waals surface area contributed by atoms with E-state index in [1.165, 1.54) is 31.3 Å². The molecule has 198 valence electrons. The van der Waals surface area contributed by atoms with E-state index in [-0.39, 0.29) is 11.6 Å². The normalized spacial score (nSPS) is 26.4. The number of nitrogen functional groups attached to an aromatic ring is 1. The van der Waals surface area contributed by atoms with Crippen molar-refractivity contribution in [1.82, 2.24) is 14.6 Å². The molecule has 0 saturated carbocycles. The van der Waals surface area contributed by atoms with E-state index >= 15 is 4.39 Å². The van der Waals surface area contributed by atoms with Gasteiger partial charge in [-0.1, -0.05) is 18.2 Å². The molecular weight excluding hydrogens is 498 g/mol. The molecule has 12 nitrogen and oxygen atoms in total. The topological polar surface area (TPSA) is 164 Å². The summed E-state index contributed by atoms with van der Waals surface area (Å²) in [5.41, 5.74) is 2.16. The maximum absolute atomic E-state index is 15.5. The fourth-order valence-electron chi connectivity index (χ4n) is 3.46. The van der Waals surface area contributed by atoms with Crippen LogP contribution in [0.2, 0.25) is 0 Å². The maximum atomic E-state index is 15.5. The van der Waals surface area contributed by atoms with Gasteiger partial charge in [-0.3, -0.25) is 13.9 Å². The third kappa shape index (κ3) is 6.48. The van der Waals surface area contributed by atoms with E-state index in [2.05, 4.69) is 10.1 Å². The number of aromatic nitrogens is 2. The van der Waals surface area contributed by atoms with Crippen LogP contribution in [-0.4, -0.2) is 57.3 Å². The second-order valence-corrected chi connectivity index (χ2v) is 10.4. The smallest absolute Gasteiger partial charge is 0.459 e. The lowest BCUT2D eigenvalue weighted by atomic mass is 9.98. The van der Waals surface area contributed by atoms with Gasteiger partial charge >= 0.3 is 19.4 Å². The number of hydrogen-bond acceptors (Lipinski definition) is 10. The number of ether oxygens (including phenoxy) is 2. The van der Waals surface area contributed by atoms with E-state index in [0.717, 1.165) is 11.5 Å². The number of nitrogens with one attached hydrogen (secondary N) is 1. The number of alkyl halides is 1. The van der Waals surface area contributed by atoms with Crippen LogP contribution in [0.15, 0.2) is 47.4 Å². The molecule has 1 aliphatic rings. The Kier molecular flexibility index (Phi) is 8.52. The van der Waals surface area contributed by atoms with Crippen molar-refractivity contribution in [3.05, 3.63) is 53.1 Å². The van der Waals surface area contributed by atoms with Crippen molar-refractivity contribution >= 4 is 19.5 Å². The van der Waals surface area contributed by atoms with Gasteiger partial charge in [0.05, 0.1) is 12.7 Å². The van der Waals surface area contributed by atoms with Crippen molar-refractivity contribution in [2.24, 2.45) is 0 Å². The second kappa shape index (κ2) is 11.1. The number of carbonyl (C=O) groups is 1. The maximum Gasteiger partial charge on any atom is 0.459 e. The standard InChI is InChI=1S/C22H30FN4O8P/c1-13(2)33-19(29)14(3)26-36(31,35-15-8-6-5-7-9-15)32-12-16-18(28)22(4,23)20(34-16)27-11-10-17(24)25-21(27)30/h5-11,13-14,16,18,20,28H,12H2,1-4H3,(H,26,31)(H2,24,25,30)/t14-,16+,18+,20+,22+,36?/m0/s1. The Bertz CT molecular complexity index is 1160. The molecule has 0 spiro atoms. The quantitative estimate of drug-likeness (QED) is 0.305. The number of carbonyl (C=O) groups excluding carboxylic acids is 1. The molecule has 1 aromatic heterocycles. The summed E-state index contributed by atoms with van der Waals surface area (Å²) < 4.78 is 51.6. The van der Waals surface area contributed by atoms with Crippen LogP contribution in [0, 0.1) is 0 Å². The minimum Gasteiger partial charge on any atom is -0.462 e. The zero-order chi connectivity index (χ0) is 26.7. The first kappa shape index (κ1) is 27.8. The monoisotopic (exact) mass is 528 g/mol. The van der Waals surface area contributed by atoms with Crippen LogP contribution in [0.25, 0.3) is 0 Å². The van der Waals surface area contributed by atoms with Gasteiger partial charge in [0.1, 0.15) is 29.8 Å². The van der Waals surface area contributed by atoms with Gasteiger partial charge in [0.2, 0.25) is 0 Å². The Morgan fingerprint density at radius 3 is 2.61 bits per heavy atom. The SMILES string of the molecule is CC(C)OC(=O)[C@H](C)NP(=O)(OC[C@H]1O[C@@H](n2ccc(N)nc2=O)[C@](C)(F)[C@@H]1O)Oc1ccccc1. The Morgan fingerprint density at radius 1 is 1.33 bits per heavy atom. The molecule has 2 aromatic rings. The molecule has 1 fully saturated rings. The van der Waals surface area contributed by atoms with Crippen LogP contribution < -0.4 is 21.0 Å². The summed E-state index contributed by atoms with van der Waals surface area (Å²) in [6.07, 6.45) is -3.92. The molecule has 0 bridgehead atoms. The largest absolute Gasteiger partial charge is 0.462 e. The average molecular weight is 528 g/mol. The lowest BCUT2D eigenvalue weighted by Crippen LogP contribution is -2.43. The van der Waals surface area contributed by atoms with Crippen LogP contribution in [0.4, 0.5) is 10.2 Å². The molecule has 4 N–H and O–H groups in total. The Morgan fingerprint density at radius 2 is 2.00 bits per heavy atom. The average Bonchev–Trinajstić information content (AvgIpc) is 3.01. The second-order valence-electron chi connectivity index (χ2n) is 8.70. The highest BCUT2D eigenvalue weighted by atomic mass is 31.2. The number of esters is 1. The molecule has 0 radical (unpaired) electrons. The minimum atomic E-state index is -4.29. The summed E-state index contributed by atoms with van der Waals surface area (Å²) in [6, 6.07) is 8.20. The highest BCUT2D eigenvalue weighted by Crippen LogP contribution is 2.47. The molecule has 1 unspecified atom stereocenters. The zero-order valence-corrected chi connectivity index (χ0v) is 21.1. The predicted molar refractivity (Wildman–Crippen MR) is 127 cm³/mol. The summed E-state index contributed by atoms with van der Waals surface area (Å²) in [5.74, 6) is -0.599. The summed E-state index contributed by atoms with van der Waals surface area (Å²) in [6.45, 7) is 5.16. The van der Waals surface area contributed by atoms with Gasteiger partial charge in [-0.15, -0.1) is 0 Å². The number of nitrogens with zero attached hydrogens (tertiary/aromatic N) is 2. The molecule has 0 amide bonds. The molecule has 1 saturated heterocycles. The van der Waals surface area contributed by atoms with Crippen molar-refractivity contribution in [2.75, 3.05) is 12.3 Å². The van der Waals surface area contributed by atoms with E-state index in [1.54, 1.807) is 32.0 Å². The lowest BCUT2D eigenvalue weighted by molar-refractivity contribution is -0.149. The van der Waals surface area contributed by atoms with Gasteiger partial charge in [-0.25, -0.2) is 13.8 Å². The molecule has 3 rings (SSSR count). The van der Waals surface area contributed by atoms with Gasteiger partial charge < -0.3 is 24.8 Å². The van der Waals surface area contributed by atoms with E-state index in [4.69, 9.17) is 24.3 Å². The van der Waals surface area contributed by atoms with Crippen LogP contribution >= 0.6 is 7.75 Å². The molecular formula is C22H30FN4O8P. The van der Waals surface area contributed by atoms with Crippen molar-refractivity contribution in [3.63, 3.8) is 0 Å². The number of hydrogen-bond donors (Lipinski definition) is 3. The molecule has 2 heterocycles. The van der Waals surface area contributed by atoms with E-state index in [0.29, 0.717) is 0 Å². The Balaban J connectivity index is 1.79. The van der Waals surface area contributed by atoms with Gasteiger partial charge in [-0.2, -0.15) is 10.1 Å².